The van der Waals surface area contributed by atoms with Gasteiger partial charge >= 0.3 is 5.97 Å². The smallest absolute Gasteiger partial charge is 0.325 e. The van der Waals surface area contributed by atoms with Gasteiger partial charge in [-0.05, 0) is 43.5 Å². The summed E-state index contributed by atoms with van der Waals surface area (Å²) in [7, 11) is 1.27. The number of imidazole rings is 1. The number of halogens is 1. The van der Waals surface area contributed by atoms with Gasteiger partial charge in [-0.3, -0.25) is 9.59 Å². The number of hydrogen-bond donors (Lipinski definition) is 1. The van der Waals surface area contributed by atoms with Crippen LogP contribution in [-0.4, -0.2) is 35.1 Å². The highest BCUT2D eigenvalue weighted by atomic mass is 19.1. The topological polar surface area (TPSA) is 73.2 Å². The minimum Gasteiger partial charge on any atom is -0.468 e. The SMILES string of the molecule is COC(=O)CNC(=O)c1nc(-c2ccc(F)cc2)n2c1CCCCC2. The molecule has 132 valence electrons. The number of amides is 1. The number of rotatable bonds is 4. The third-order valence-corrected chi connectivity index (χ3v) is 4.31. The second-order valence-corrected chi connectivity index (χ2v) is 5.96. The Bertz CT molecular complexity index is 784. The molecule has 0 atom stereocenters. The molecule has 0 spiro atoms. The first kappa shape index (κ1) is 17.1. The summed E-state index contributed by atoms with van der Waals surface area (Å²) in [5.41, 5.74) is 1.95. The fourth-order valence-electron chi connectivity index (χ4n) is 3.03. The maximum atomic E-state index is 13.2. The summed E-state index contributed by atoms with van der Waals surface area (Å²) in [6.45, 7) is 0.562. The van der Waals surface area contributed by atoms with Crippen molar-refractivity contribution >= 4 is 11.9 Å². The number of hydrogen-bond acceptors (Lipinski definition) is 4. The first-order valence-corrected chi connectivity index (χ1v) is 8.30. The highest BCUT2D eigenvalue weighted by Gasteiger charge is 2.24. The fourth-order valence-corrected chi connectivity index (χ4v) is 3.03. The molecule has 6 nitrogen and oxygen atoms in total. The summed E-state index contributed by atoms with van der Waals surface area (Å²) >= 11 is 0. The van der Waals surface area contributed by atoms with Crippen LogP contribution in [0.4, 0.5) is 4.39 Å². The van der Waals surface area contributed by atoms with Crippen LogP contribution in [0.15, 0.2) is 24.3 Å². The van der Waals surface area contributed by atoms with E-state index in [2.05, 4.69) is 15.0 Å². The van der Waals surface area contributed by atoms with Crippen LogP contribution in [-0.2, 0) is 22.5 Å². The van der Waals surface area contributed by atoms with Gasteiger partial charge in [0.25, 0.3) is 5.91 Å². The van der Waals surface area contributed by atoms with E-state index < -0.39 is 11.9 Å². The number of carbonyl (C=O) groups excluding carboxylic acids is 2. The van der Waals surface area contributed by atoms with Crippen molar-refractivity contribution in [2.75, 3.05) is 13.7 Å². The van der Waals surface area contributed by atoms with E-state index in [1.165, 1.54) is 19.2 Å². The Morgan fingerprint density at radius 2 is 2.00 bits per heavy atom. The quantitative estimate of drug-likeness (QED) is 0.863. The molecule has 1 aromatic heterocycles. The summed E-state index contributed by atoms with van der Waals surface area (Å²) in [5, 5.41) is 2.54. The summed E-state index contributed by atoms with van der Waals surface area (Å²) in [5.74, 6) is -0.579. The predicted molar refractivity (Wildman–Crippen MR) is 89.5 cm³/mol. The van der Waals surface area contributed by atoms with Crippen LogP contribution in [0.5, 0.6) is 0 Å². The van der Waals surface area contributed by atoms with Crippen molar-refractivity contribution in [3.05, 3.63) is 41.5 Å². The van der Waals surface area contributed by atoms with Crippen molar-refractivity contribution in [1.29, 1.82) is 0 Å². The molecule has 0 radical (unpaired) electrons. The lowest BCUT2D eigenvalue weighted by atomic mass is 10.1. The highest BCUT2D eigenvalue weighted by molar-refractivity contribution is 5.96. The molecule has 1 N–H and O–H groups in total. The van der Waals surface area contributed by atoms with Gasteiger partial charge in [-0.15, -0.1) is 0 Å². The maximum Gasteiger partial charge on any atom is 0.325 e. The summed E-state index contributed by atoms with van der Waals surface area (Å²) in [6.07, 6.45) is 3.80. The molecule has 3 rings (SSSR count). The van der Waals surface area contributed by atoms with Gasteiger partial charge in [0.15, 0.2) is 0 Å². The van der Waals surface area contributed by atoms with Crippen molar-refractivity contribution in [3.63, 3.8) is 0 Å². The van der Waals surface area contributed by atoms with E-state index in [1.807, 2.05) is 4.57 Å². The van der Waals surface area contributed by atoms with Gasteiger partial charge in [0.2, 0.25) is 0 Å². The average Bonchev–Trinajstić information content (AvgIpc) is 2.81. The zero-order chi connectivity index (χ0) is 17.8. The molecule has 0 unspecified atom stereocenters. The molecular formula is C18H20FN3O3. The van der Waals surface area contributed by atoms with Crippen molar-refractivity contribution in [2.45, 2.75) is 32.2 Å². The van der Waals surface area contributed by atoms with Gasteiger partial charge in [-0.2, -0.15) is 0 Å². The second-order valence-electron chi connectivity index (χ2n) is 5.96. The third-order valence-electron chi connectivity index (χ3n) is 4.31. The van der Waals surface area contributed by atoms with Crippen LogP contribution >= 0.6 is 0 Å². The van der Waals surface area contributed by atoms with E-state index in [0.717, 1.165) is 43.5 Å². The molecule has 1 aromatic carbocycles. The van der Waals surface area contributed by atoms with Crippen LogP contribution in [0.25, 0.3) is 11.4 Å². The van der Waals surface area contributed by atoms with Crippen molar-refractivity contribution in [3.8, 4) is 11.4 Å². The molecule has 0 aliphatic carbocycles. The fraction of sp³-hybridized carbons (Fsp3) is 0.389. The van der Waals surface area contributed by atoms with Gasteiger partial charge in [-0.1, -0.05) is 6.42 Å². The Labute approximate surface area is 145 Å². The summed E-state index contributed by atoms with van der Waals surface area (Å²) < 4.78 is 19.8. The van der Waals surface area contributed by atoms with E-state index in [9.17, 15) is 14.0 Å². The standard InChI is InChI=1S/C18H20FN3O3/c1-25-15(23)11-20-18(24)16-14-5-3-2-4-10-22(14)17(21-16)12-6-8-13(19)9-7-12/h6-9H,2-5,10-11H2,1H3,(H,20,24). The molecule has 1 aliphatic heterocycles. The van der Waals surface area contributed by atoms with E-state index in [4.69, 9.17) is 0 Å². The Morgan fingerprint density at radius 1 is 1.24 bits per heavy atom. The lowest BCUT2D eigenvalue weighted by molar-refractivity contribution is -0.139. The minimum absolute atomic E-state index is 0.201. The molecule has 7 heteroatoms. The largest absolute Gasteiger partial charge is 0.468 e. The Morgan fingerprint density at radius 3 is 2.72 bits per heavy atom. The maximum absolute atomic E-state index is 13.2. The monoisotopic (exact) mass is 345 g/mol. The number of benzene rings is 1. The molecule has 2 heterocycles. The molecule has 0 fully saturated rings. The molecule has 1 aliphatic rings. The summed E-state index contributed by atoms with van der Waals surface area (Å²) in [6, 6.07) is 6.08. The molecular weight excluding hydrogens is 325 g/mol. The lowest BCUT2D eigenvalue weighted by Crippen LogP contribution is -2.31. The normalized spacial score (nSPS) is 13.7. The van der Waals surface area contributed by atoms with E-state index >= 15 is 0 Å². The highest BCUT2D eigenvalue weighted by Crippen LogP contribution is 2.27. The van der Waals surface area contributed by atoms with Gasteiger partial charge < -0.3 is 14.6 Å². The number of esters is 1. The predicted octanol–water partition coefficient (Wildman–Crippen LogP) is 2.32. The molecule has 25 heavy (non-hydrogen) atoms. The number of fused-ring (bicyclic) bond motifs is 1. The van der Waals surface area contributed by atoms with Crippen molar-refractivity contribution in [2.24, 2.45) is 0 Å². The van der Waals surface area contributed by atoms with E-state index in [1.54, 1.807) is 12.1 Å². The number of aromatic nitrogens is 2. The number of nitrogens with one attached hydrogen (secondary N) is 1. The number of carbonyl (C=O) groups is 2. The lowest BCUT2D eigenvalue weighted by Gasteiger charge is -2.09. The molecule has 0 bridgehead atoms. The van der Waals surface area contributed by atoms with Crippen LogP contribution < -0.4 is 5.32 Å². The van der Waals surface area contributed by atoms with Crippen LogP contribution in [0.2, 0.25) is 0 Å². The third kappa shape index (κ3) is 3.70. The van der Waals surface area contributed by atoms with Crippen LogP contribution in [0.3, 0.4) is 0 Å². The Kier molecular flexibility index (Phi) is 5.11. The van der Waals surface area contributed by atoms with E-state index in [-0.39, 0.29) is 12.4 Å². The Hall–Kier alpha value is -2.70. The van der Waals surface area contributed by atoms with E-state index in [0.29, 0.717) is 11.5 Å². The van der Waals surface area contributed by atoms with Crippen LogP contribution in [0, 0.1) is 5.82 Å². The van der Waals surface area contributed by atoms with Crippen molar-refractivity contribution in [1.82, 2.24) is 14.9 Å². The minimum atomic E-state index is -0.516. The zero-order valence-electron chi connectivity index (χ0n) is 14.0. The molecule has 2 aromatic rings. The molecule has 0 saturated heterocycles. The average molecular weight is 345 g/mol. The number of methoxy groups -OCH3 is 1. The number of ether oxygens (including phenoxy) is 1. The molecule has 1 amide bonds. The van der Waals surface area contributed by atoms with Gasteiger partial charge in [0.05, 0.1) is 12.8 Å². The summed E-state index contributed by atoms with van der Waals surface area (Å²) in [4.78, 5) is 28.3. The van der Waals surface area contributed by atoms with Gasteiger partial charge in [0.1, 0.15) is 23.9 Å². The zero-order valence-corrected chi connectivity index (χ0v) is 14.0. The van der Waals surface area contributed by atoms with Gasteiger partial charge in [-0.25, -0.2) is 9.37 Å². The molecule has 0 saturated carbocycles. The first-order valence-electron chi connectivity index (χ1n) is 8.30. The van der Waals surface area contributed by atoms with Crippen molar-refractivity contribution < 1.29 is 18.7 Å². The number of nitrogens with zero attached hydrogens (tertiary/aromatic N) is 2. The van der Waals surface area contributed by atoms with Gasteiger partial charge in [0, 0.05) is 12.1 Å². The van der Waals surface area contributed by atoms with Crippen LogP contribution in [0.1, 0.15) is 35.4 Å². The Balaban J connectivity index is 1.97. The second kappa shape index (κ2) is 7.46. The first-order chi connectivity index (χ1) is 12.1.